The van der Waals surface area contributed by atoms with Gasteiger partial charge in [-0.3, -0.25) is 0 Å². The summed E-state index contributed by atoms with van der Waals surface area (Å²) < 4.78 is 11.3. The number of nitrogens with one attached hydrogen (secondary N) is 1. The van der Waals surface area contributed by atoms with Crippen LogP contribution in [0.15, 0.2) is 48.5 Å². The first-order valence-electron chi connectivity index (χ1n) is 6.84. The second-order valence-corrected chi connectivity index (χ2v) is 4.69. The van der Waals surface area contributed by atoms with Gasteiger partial charge in [0.05, 0.1) is 0 Å². The highest BCUT2D eigenvalue weighted by molar-refractivity contribution is 5.28. The maximum absolute atomic E-state index is 5.69. The van der Waals surface area contributed by atoms with Crippen LogP contribution in [0.4, 0.5) is 0 Å². The Morgan fingerprint density at radius 1 is 0.900 bits per heavy atom. The summed E-state index contributed by atoms with van der Waals surface area (Å²) in [4.78, 5) is 0. The molecule has 0 aliphatic carbocycles. The number of rotatable bonds is 7. The van der Waals surface area contributed by atoms with Gasteiger partial charge in [0, 0.05) is 6.54 Å². The largest absolute Gasteiger partial charge is 0.490 e. The zero-order chi connectivity index (χ0) is 14.2. The van der Waals surface area contributed by atoms with Crippen molar-refractivity contribution in [2.45, 2.75) is 13.5 Å². The van der Waals surface area contributed by atoms with Gasteiger partial charge in [-0.05, 0) is 43.8 Å². The molecule has 20 heavy (non-hydrogen) atoms. The second kappa shape index (κ2) is 7.56. The van der Waals surface area contributed by atoms with Crippen LogP contribution in [0.1, 0.15) is 11.1 Å². The first-order valence-corrected chi connectivity index (χ1v) is 6.84. The summed E-state index contributed by atoms with van der Waals surface area (Å²) in [5.41, 5.74) is 2.44. The maximum atomic E-state index is 5.69. The van der Waals surface area contributed by atoms with E-state index in [4.69, 9.17) is 9.47 Å². The molecule has 0 saturated carbocycles. The minimum Gasteiger partial charge on any atom is -0.490 e. The molecule has 0 amide bonds. The third-order valence-corrected chi connectivity index (χ3v) is 2.92. The van der Waals surface area contributed by atoms with E-state index in [-0.39, 0.29) is 0 Å². The Labute approximate surface area is 120 Å². The molecule has 0 aromatic heterocycles. The molecule has 0 spiro atoms. The molecule has 0 fully saturated rings. The normalized spacial score (nSPS) is 10.3. The summed E-state index contributed by atoms with van der Waals surface area (Å²) in [5, 5.41) is 3.12. The molecule has 1 N–H and O–H groups in total. The van der Waals surface area contributed by atoms with Gasteiger partial charge in [-0.2, -0.15) is 0 Å². The van der Waals surface area contributed by atoms with Gasteiger partial charge in [0.15, 0.2) is 0 Å². The zero-order valence-corrected chi connectivity index (χ0v) is 12.1. The lowest BCUT2D eigenvalue weighted by Crippen LogP contribution is -2.09. The summed E-state index contributed by atoms with van der Waals surface area (Å²) >= 11 is 0. The molecule has 0 atom stereocenters. The van der Waals surface area contributed by atoms with Crippen LogP contribution >= 0.6 is 0 Å². The smallest absolute Gasteiger partial charge is 0.122 e. The quantitative estimate of drug-likeness (QED) is 0.785. The molecular weight excluding hydrogens is 250 g/mol. The highest BCUT2D eigenvalue weighted by Crippen LogP contribution is 2.14. The average molecular weight is 271 g/mol. The standard InChI is InChI=1S/C17H21NO2/c1-14-6-8-16(9-7-14)19-10-11-20-17-5-3-4-15(12-17)13-18-2/h3-9,12,18H,10-11,13H2,1-2H3. The Kier molecular flexibility index (Phi) is 5.44. The van der Waals surface area contributed by atoms with Crippen LogP contribution in [-0.2, 0) is 6.54 Å². The molecule has 0 unspecified atom stereocenters. The lowest BCUT2D eigenvalue weighted by molar-refractivity contribution is 0.217. The van der Waals surface area contributed by atoms with E-state index >= 15 is 0 Å². The maximum Gasteiger partial charge on any atom is 0.122 e. The molecule has 2 aromatic carbocycles. The Morgan fingerprint density at radius 3 is 2.30 bits per heavy atom. The zero-order valence-electron chi connectivity index (χ0n) is 12.1. The van der Waals surface area contributed by atoms with Crippen LogP contribution in [0.25, 0.3) is 0 Å². The molecule has 2 rings (SSSR count). The van der Waals surface area contributed by atoms with Crippen molar-refractivity contribution < 1.29 is 9.47 Å². The van der Waals surface area contributed by atoms with Gasteiger partial charge in [-0.15, -0.1) is 0 Å². The van der Waals surface area contributed by atoms with Crippen molar-refractivity contribution in [2.75, 3.05) is 20.3 Å². The van der Waals surface area contributed by atoms with Gasteiger partial charge in [-0.25, -0.2) is 0 Å². The van der Waals surface area contributed by atoms with Gasteiger partial charge in [0.25, 0.3) is 0 Å². The third-order valence-electron chi connectivity index (χ3n) is 2.92. The minimum absolute atomic E-state index is 0.539. The van der Waals surface area contributed by atoms with E-state index in [1.54, 1.807) is 0 Å². The van der Waals surface area contributed by atoms with Crippen LogP contribution in [0, 0.1) is 6.92 Å². The molecule has 2 aromatic rings. The third kappa shape index (κ3) is 4.59. The van der Waals surface area contributed by atoms with E-state index < -0.39 is 0 Å². The number of aryl methyl sites for hydroxylation is 1. The van der Waals surface area contributed by atoms with Crippen molar-refractivity contribution in [1.29, 1.82) is 0 Å². The topological polar surface area (TPSA) is 30.5 Å². The van der Waals surface area contributed by atoms with Crippen LogP contribution in [-0.4, -0.2) is 20.3 Å². The van der Waals surface area contributed by atoms with Crippen molar-refractivity contribution in [3.05, 3.63) is 59.7 Å². The van der Waals surface area contributed by atoms with Crippen molar-refractivity contribution in [3.8, 4) is 11.5 Å². The van der Waals surface area contributed by atoms with Gasteiger partial charge in [0.1, 0.15) is 24.7 Å². The van der Waals surface area contributed by atoms with Gasteiger partial charge in [-0.1, -0.05) is 29.8 Å². The monoisotopic (exact) mass is 271 g/mol. The number of ether oxygens (including phenoxy) is 2. The minimum atomic E-state index is 0.539. The summed E-state index contributed by atoms with van der Waals surface area (Å²) in [6.07, 6.45) is 0. The van der Waals surface area contributed by atoms with Gasteiger partial charge >= 0.3 is 0 Å². The van der Waals surface area contributed by atoms with Crippen molar-refractivity contribution in [1.82, 2.24) is 5.32 Å². The van der Waals surface area contributed by atoms with E-state index in [9.17, 15) is 0 Å². The Bertz CT molecular complexity index is 523. The van der Waals surface area contributed by atoms with E-state index in [2.05, 4.69) is 18.3 Å². The fourth-order valence-corrected chi connectivity index (χ4v) is 1.90. The first kappa shape index (κ1) is 14.4. The molecule has 0 bridgehead atoms. The Hall–Kier alpha value is -2.00. The molecule has 106 valence electrons. The highest BCUT2D eigenvalue weighted by atomic mass is 16.5. The molecule has 3 heteroatoms. The van der Waals surface area contributed by atoms with Crippen LogP contribution < -0.4 is 14.8 Å². The van der Waals surface area contributed by atoms with Crippen molar-refractivity contribution in [2.24, 2.45) is 0 Å². The fraction of sp³-hybridized carbons (Fsp3) is 0.294. The van der Waals surface area contributed by atoms with Crippen LogP contribution in [0.2, 0.25) is 0 Å². The first-order chi connectivity index (χ1) is 9.78. The van der Waals surface area contributed by atoms with Crippen molar-refractivity contribution >= 4 is 0 Å². The predicted octanol–water partition coefficient (Wildman–Crippen LogP) is 3.17. The van der Waals surface area contributed by atoms with E-state index in [1.165, 1.54) is 11.1 Å². The summed E-state index contributed by atoms with van der Waals surface area (Å²) in [6, 6.07) is 16.1. The predicted molar refractivity (Wildman–Crippen MR) is 81.4 cm³/mol. The number of benzene rings is 2. The van der Waals surface area contributed by atoms with Gasteiger partial charge in [0.2, 0.25) is 0 Å². The van der Waals surface area contributed by atoms with Crippen LogP contribution in [0.3, 0.4) is 0 Å². The molecule has 0 saturated heterocycles. The lowest BCUT2D eigenvalue weighted by Gasteiger charge is -2.09. The summed E-state index contributed by atoms with van der Waals surface area (Å²) in [7, 11) is 1.93. The Morgan fingerprint density at radius 2 is 1.60 bits per heavy atom. The Balaban J connectivity index is 1.75. The summed E-state index contributed by atoms with van der Waals surface area (Å²) in [5.74, 6) is 1.76. The second-order valence-electron chi connectivity index (χ2n) is 4.69. The molecule has 0 aliphatic heterocycles. The summed E-state index contributed by atoms with van der Waals surface area (Å²) in [6.45, 7) is 3.98. The van der Waals surface area contributed by atoms with E-state index in [0.717, 1.165) is 18.0 Å². The molecule has 3 nitrogen and oxygen atoms in total. The SMILES string of the molecule is CNCc1cccc(OCCOc2ccc(C)cc2)c1. The van der Waals surface area contributed by atoms with E-state index in [1.807, 2.05) is 49.5 Å². The lowest BCUT2D eigenvalue weighted by atomic mass is 10.2. The number of hydrogen-bond acceptors (Lipinski definition) is 3. The van der Waals surface area contributed by atoms with Gasteiger partial charge < -0.3 is 14.8 Å². The molecule has 0 aliphatic rings. The number of hydrogen-bond donors (Lipinski definition) is 1. The average Bonchev–Trinajstić information content (AvgIpc) is 2.46. The van der Waals surface area contributed by atoms with E-state index in [0.29, 0.717) is 13.2 Å². The fourth-order valence-electron chi connectivity index (χ4n) is 1.90. The molecule has 0 radical (unpaired) electrons. The molecular formula is C17H21NO2. The van der Waals surface area contributed by atoms with Crippen LogP contribution in [0.5, 0.6) is 11.5 Å². The van der Waals surface area contributed by atoms with Crippen molar-refractivity contribution in [3.63, 3.8) is 0 Å². The highest BCUT2D eigenvalue weighted by Gasteiger charge is 1.97. The molecule has 0 heterocycles.